The van der Waals surface area contributed by atoms with E-state index in [1.54, 1.807) is 0 Å². The smallest absolute Gasteiger partial charge is 0.290 e. The van der Waals surface area contributed by atoms with Gasteiger partial charge in [-0.05, 0) is 63.4 Å². The minimum atomic E-state index is -0.250. The normalized spacial score (nSPS) is 15.7. The molecule has 0 fully saturated rings. The maximum absolute atomic E-state index is 13.4. The largest absolute Gasteiger partial charge is 0.483 e. The van der Waals surface area contributed by atoms with Crippen LogP contribution in [0.4, 0.5) is 5.69 Å². The van der Waals surface area contributed by atoms with E-state index in [-0.39, 0.29) is 23.8 Å². The van der Waals surface area contributed by atoms with Crippen LogP contribution in [-0.2, 0) is 16.8 Å². The van der Waals surface area contributed by atoms with Gasteiger partial charge in [0.05, 0.1) is 6.04 Å². The van der Waals surface area contributed by atoms with Crippen molar-refractivity contribution in [1.82, 2.24) is 4.57 Å². The third-order valence-electron chi connectivity index (χ3n) is 5.12. The number of hydrogen-bond donors (Lipinski definition) is 2. The summed E-state index contributed by atoms with van der Waals surface area (Å²) in [7, 11) is 0. The first-order valence-corrected chi connectivity index (χ1v) is 10.3. The second-order valence-electron chi connectivity index (χ2n) is 8.11. The number of ketones is 1. The Morgan fingerprint density at radius 3 is 2.62 bits per heavy atom. The molecule has 2 N–H and O–H groups in total. The number of carbonyl (C=O) groups is 2. The van der Waals surface area contributed by atoms with Gasteiger partial charge in [-0.15, -0.1) is 0 Å². The quantitative estimate of drug-likeness (QED) is 0.396. The highest BCUT2D eigenvalue weighted by molar-refractivity contribution is 9.10. The number of halogens is 1. The summed E-state index contributed by atoms with van der Waals surface area (Å²) in [5, 5.41) is 11.4. The van der Waals surface area contributed by atoms with Crippen LogP contribution in [0.2, 0.25) is 0 Å². The Kier molecular flexibility index (Phi) is 6.13. The molecule has 1 unspecified atom stereocenters. The molecule has 2 heterocycles. The lowest BCUT2D eigenvalue weighted by Gasteiger charge is -2.26. The minimum Gasteiger partial charge on any atom is -0.483 e. The van der Waals surface area contributed by atoms with Crippen LogP contribution in [0.5, 0.6) is 0 Å². The van der Waals surface area contributed by atoms with Crippen LogP contribution < -0.4 is 5.32 Å². The van der Waals surface area contributed by atoms with Crippen LogP contribution >= 0.6 is 15.9 Å². The summed E-state index contributed by atoms with van der Waals surface area (Å²) in [5.41, 5.74) is 4.18. The first-order chi connectivity index (χ1) is 13.8. The second kappa shape index (κ2) is 8.41. The average molecular weight is 457 g/mol. The number of aryl methyl sites for hydroxylation is 1. The molecule has 0 amide bonds. The van der Waals surface area contributed by atoms with Crippen molar-refractivity contribution in [3.05, 3.63) is 64.3 Å². The van der Waals surface area contributed by atoms with Gasteiger partial charge in [0.1, 0.15) is 0 Å². The number of hydrogen-bond acceptors (Lipinski definition) is 3. The molecular formula is C23H25BrN2O3. The van der Waals surface area contributed by atoms with E-state index in [2.05, 4.69) is 76.9 Å². The van der Waals surface area contributed by atoms with E-state index in [9.17, 15) is 4.79 Å². The number of anilines is 1. The Bertz CT molecular complexity index is 1050. The Morgan fingerprint density at radius 1 is 1.24 bits per heavy atom. The SMILES string of the molecule is CC(C)(C)n1cc(C(=O)C2CCc3ccccc3N2)c2cc(Br)ccc21.O=CO. The molecule has 3 aromatic rings. The van der Waals surface area contributed by atoms with Crippen molar-refractivity contribution in [2.45, 2.75) is 45.2 Å². The van der Waals surface area contributed by atoms with Gasteiger partial charge < -0.3 is 15.0 Å². The summed E-state index contributed by atoms with van der Waals surface area (Å²) in [6.45, 7) is 6.24. The van der Waals surface area contributed by atoms with Gasteiger partial charge in [-0.3, -0.25) is 9.59 Å². The zero-order valence-corrected chi connectivity index (χ0v) is 18.4. The molecule has 29 heavy (non-hydrogen) atoms. The average Bonchev–Trinajstić information content (AvgIpc) is 3.06. The highest BCUT2D eigenvalue weighted by Crippen LogP contribution is 2.32. The molecule has 5 nitrogen and oxygen atoms in total. The summed E-state index contributed by atoms with van der Waals surface area (Å²) in [6.07, 6.45) is 3.79. The van der Waals surface area contributed by atoms with Crippen LogP contribution in [0.25, 0.3) is 10.9 Å². The molecule has 0 bridgehead atoms. The number of aromatic nitrogens is 1. The molecule has 0 saturated carbocycles. The van der Waals surface area contributed by atoms with Gasteiger partial charge in [-0.1, -0.05) is 34.1 Å². The molecule has 1 aliphatic heterocycles. The van der Waals surface area contributed by atoms with E-state index in [4.69, 9.17) is 9.90 Å². The number of benzene rings is 2. The molecule has 152 valence electrons. The van der Waals surface area contributed by atoms with Crippen LogP contribution in [0.15, 0.2) is 53.1 Å². The van der Waals surface area contributed by atoms with Crippen molar-refractivity contribution in [2.24, 2.45) is 0 Å². The van der Waals surface area contributed by atoms with Crippen LogP contribution in [0, 0.1) is 0 Å². The van der Waals surface area contributed by atoms with Gasteiger partial charge >= 0.3 is 0 Å². The predicted molar refractivity (Wildman–Crippen MR) is 120 cm³/mol. The van der Waals surface area contributed by atoms with E-state index in [0.29, 0.717) is 0 Å². The third-order valence-corrected chi connectivity index (χ3v) is 5.61. The summed E-state index contributed by atoms with van der Waals surface area (Å²) >= 11 is 3.56. The summed E-state index contributed by atoms with van der Waals surface area (Å²) in [4.78, 5) is 21.7. The summed E-state index contributed by atoms with van der Waals surface area (Å²) in [5.74, 6) is 0.172. The Labute approximate surface area is 178 Å². The fourth-order valence-electron chi connectivity index (χ4n) is 3.78. The summed E-state index contributed by atoms with van der Waals surface area (Å²) < 4.78 is 3.20. The highest BCUT2D eigenvalue weighted by Gasteiger charge is 2.28. The number of para-hydroxylation sites is 1. The summed E-state index contributed by atoms with van der Waals surface area (Å²) in [6, 6.07) is 14.3. The van der Waals surface area contributed by atoms with Crippen molar-refractivity contribution >= 4 is 44.8 Å². The van der Waals surface area contributed by atoms with Crippen molar-refractivity contribution in [3.8, 4) is 0 Å². The maximum atomic E-state index is 13.4. The molecule has 1 aliphatic rings. The topological polar surface area (TPSA) is 71.3 Å². The lowest BCUT2D eigenvalue weighted by atomic mass is 9.93. The van der Waals surface area contributed by atoms with Gasteiger partial charge in [0.25, 0.3) is 6.47 Å². The Morgan fingerprint density at radius 2 is 1.93 bits per heavy atom. The van der Waals surface area contributed by atoms with E-state index in [1.165, 1.54) is 5.56 Å². The molecule has 0 aliphatic carbocycles. The lowest BCUT2D eigenvalue weighted by molar-refractivity contribution is -0.122. The fraction of sp³-hybridized carbons (Fsp3) is 0.304. The first kappa shape index (κ1) is 21.1. The standard InChI is InChI=1S/C22H23BrN2O.CH2O2/c1-22(2,3)25-13-17(16-12-15(23)9-11-20(16)25)21(26)19-10-8-14-6-4-5-7-18(14)24-19;2-1-3/h4-7,9,11-13,19,24H,8,10H2,1-3H3;1H,(H,2,3). The van der Waals surface area contributed by atoms with Crippen molar-refractivity contribution in [3.63, 3.8) is 0 Å². The molecule has 1 aromatic heterocycles. The van der Waals surface area contributed by atoms with Gasteiger partial charge in [-0.2, -0.15) is 0 Å². The van der Waals surface area contributed by atoms with E-state index in [1.807, 2.05) is 18.3 Å². The van der Waals surface area contributed by atoms with E-state index >= 15 is 0 Å². The Hall–Kier alpha value is -2.60. The highest BCUT2D eigenvalue weighted by atomic mass is 79.9. The van der Waals surface area contributed by atoms with Crippen molar-refractivity contribution in [1.29, 1.82) is 0 Å². The zero-order valence-electron chi connectivity index (χ0n) is 16.8. The Balaban J connectivity index is 0.000000755. The van der Waals surface area contributed by atoms with Gasteiger partial charge in [0, 0.05) is 38.4 Å². The third kappa shape index (κ3) is 4.37. The molecule has 0 spiro atoms. The molecule has 2 aromatic carbocycles. The van der Waals surface area contributed by atoms with Gasteiger partial charge in [0.2, 0.25) is 0 Å². The molecular weight excluding hydrogens is 432 g/mol. The monoisotopic (exact) mass is 456 g/mol. The molecule has 0 radical (unpaired) electrons. The van der Waals surface area contributed by atoms with E-state index < -0.39 is 0 Å². The molecule has 1 atom stereocenters. The number of rotatable bonds is 2. The number of fused-ring (bicyclic) bond motifs is 2. The van der Waals surface area contributed by atoms with Crippen LogP contribution in [0.1, 0.15) is 43.1 Å². The zero-order chi connectivity index (χ0) is 21.2. The number of nitrogens with one attached hydrogen (secondary N) is 1. The van der Waals surface area contributed by atoms with Crippen molar-refractivity contribution < 1.29 is 14.7 Å². The first-order valence-electron chi connectivity index (χ1n) is 9.54. The van der Waals surface area contributed by atoms with Crippen molar-refractivity contribution in [2.75, 3.05) is 5.32 Å². The van der Waals surface area contributed by atoms with Crippen LogP contribution in [-0.4, -0.2) is 28.0 Å². The second-order valence-corrected chi connectivity index (χ2v) is 9.02. The predicted octanol–water partition coefficient (Wildman–Crippen LogP) is 5.47. The number of Topliss-reactive ketones (excluding diaryl/α,β-unsaturated/α-hetero) is 1. The fourth-order valence-corrected chi connectivity index (χ4v) is 4.14. The number of carbonyl (C=O) groups excluding carboxylic acids is 1. The lowest BCUT2D eigenvalue weighted by Crippen LogP contribution is -2.33. The minimum absolute atomic E-state index is 0.0861. The van der Waals surface area contributed by atoms with Gasteiger partial charge in [-0.25, -0.2) is 0 Å². The number of carboxylic acid groups (broad SMARTS) is 1. The van der Waals surface area contributed by atoms with Crippen LogP contribution in [0.3, 0.4) is 0 Å². The molecule has 4 rings (SSSR count). The maximum Gasteiger partial charge on any atom is 0.290 e. The number of nitrogens with zero attached hydrogens (tertiary/aromatic N) is 1. The van der Waals surface area contributed by atoms with E-state index in [0.717, 1.165) is 39.5 Å². The molecule has 0 saturated heterocycles. The van der Waals surface area contributed by atoms with Gasteiger partial charge in [0.15, 0.2) is 5.78 Å². The molecule has 6 heteroatoms.